The molecule has 0 radical (unpaired) electrons. The van der Waals surface area contributed by atoms with Crippen LogP contribution in [0.25, 0.3) is 0 Å². The Bertz CT molecular complexity index is 143. The summed E-state index contributed by atoms with van der Waals surface area (Å²) < 4.78 is 0. The van der Waals surface area contributed by atoms with Crippen molar-refractivity contribution in [2.24, 2.45) is 0 Å². The van der Waals surface area contributed by atoms with E-state index in [0.29, 0.717) is 0 Å². The molecule has 0 amide bonds. The van der Waals surface area contributed by atoms with Gasteiger partial charge in [-0.3, -0.25) is 4.79 Å². The fraction of sp³-hybridized carbons (Fsp3) is 0.667. The molecule has 0 saturated heterocycles. The van der Waals surface area contributed by atoms with E-state index in [1.54, 1.807) is 6.08 Å². The van der Waals surface area contributed by atoms with Gasteiger partial charge in [0, 0.05) is 6.54 Å². The van der Waals surface area contributed by atoms with Crippen molar-refractivity contribution in [3.8, 4) is 0 Å². The number of aliphatic carboxylic acids is 1. The topological polar surface area (TPSA) is 49.3 Å². The van der Waals surface area contributed by atoms with Crippen LogP contribution < -0.4 is 5.32 Å². The van der Waals surface area contributed by atoms with Crippen molar-refractivity contribution in [3.63, 3.8) is 0 Å². The molecule has 0 aliphatic heterocycles. The summed E-state index contributed by atoms with van der Waals surface area (Å²) in [5.41, 5.74) is 0. The Hall–Kier alpha value is -0.830. The SMILES string of the molecule is CCCCNCC=CCC(=O)O. The molecule has 70 valence electrons. The predicted octanol–water partition coefficient (Wildman–Crippen LogP) is 1.41. The summed E-state index contributed by atoms with van der Waals surface area (Å²) >= 11 is 0. The van der Waals surface area contributed by atoms with E-state index >= 15 is 0 Å². The normalized spacial score (nSPS) is 10.8. The lowest BCUT2D eigenvalue weighted by atomic mass is 10.3. The third-order valence-corrected chi connectivity index (χ3v) is 1.43. The molecule has 0 unspecified atom stereocenters. The van der Waals surface area contributed by atoms with Crippen LogP contribution in [0.5, 0.6) is 0 Å². The summed E-state index contributed by atoms with van der Waals surface area (Å²) in [7, 11) is 0. The Balaban J connectivity index is 3.08. The quantitative estimate of drug-likeness (QED) is 0.449. The Morgan fingerprint density at radius 2 is 2.25 bits per heavy atom. The van der Waals surface area contributed by atoms with Gasteiger partial charge in [-0.05, 0) is 13.0 Å². The summed E-state index contributed by atoms with van der Waals surface area (Å²) in [5.74, 6) is -0.778. The monoisotopic (exact) mass is 171 g/mol. The minimum absolute atomic E-state index is 0.120. The molecule has 0 aromatic carbocycles. The molecule has 0 spiro atoms. The lowest BCUT2D eigenvalue weighted by Crippen LogP contribution is -2.14. The van der Waals surface area contributed by atoms with Crippen LogP contribution in [0.15, 0.2) is 12.2 Å². The van der Waals surface area contributed by atoms with Crippen LogP contribution in [0, 0.1) is 0 Å². The van der Waals surface area contributed by atoms with Gasteiger partial charge < -0.3 is 10.4 Å². The average molecular weight is 171 g/mol. The average Bonchev–Trinajstić information content (AvgIpc) is 2.02. The van der Waals surface area contributed by atoms with E-state index in [1.165, 1.54) is 12.8 Å². The van der Waals surface area contributed by atoms with Crippen molar-refractivity contribution in [2.75, 3.05) is 13.1 Å². The van der Waals surface area contributed by atoms with Gasteiger partial charge in [0.2, 0.25) is 0 Å². The molecule has 0 fully saturated rings. The highest BCUT2D eigenvalue weighted by Gasteiger charge is 1.88. The highest BCUT2D eigenvalue weighted by Crippen LogP contribution is 1.83. The summed E-state index contributed by atoms with van der Waals surface area (Å²) in [6, 6.07) is 0. The van der Waals surface area contributed by atoms with Crippen LogP contribution in [0.3, 0.4) is 0 Å². The van der Waals surface area contributed by atoms with Crippen molar-refractivity contribution >= 4 is 5.97 Å². The van der Waals surface area contributed by atoms with Gasteiger partial charge in [-0.15, -0.1) is 0 Å². The zero-order chi connectivity index (χ0) is 9.23. The molecule has 12 heavy (non-hydrogen) atoms. The van der Waals surface area contributed by atoms with Gasteiger partial charge in [0.15, 0.2) is 0 Å². The van der Waals surface area contributed by atoms with Crippen LogP contribution in [-0.4, -0.2) is 24.2 Å². The molecule has 2 N–H and O–H groups in total. The van der Waals surface area contributed by atoms with Crippen molar-refractivity contribution in [3.05, 3.63) is 12.2 Å². The Kier molecular flexibility index (Phi) is 7.70. The number of carboxylic acids is 1. The van der Waals surface area contributed by atoms with Crippen LogP contribution in [0.4, 0.5) is 0 Å². The van der Waals surface area contributed by atoms with Gasteiger partial charge in [-0.25, -0.2) is 0 Å². The first kappa shape index (κ1) is 11.2. The molecule has 0 aromatic rings. The summed E-state index contributed by atoms with van der Waals surface area (Å²) in [6.07, 6.45) is 6.00. The van der Waals surface area contributed by atoms with Gasteiger partial charge in [-0.2, -0.15) is 0 Å². The highest BCUT2D eigenvalue weighted by molar-refractivity contribution is 5.68. The zero-order valence-corrected chi connectivity index (χ0v) is 7.55. The van der Waals surface area contributed by atoms with E-state index in [-0.39, 0.29) is 6.42 Å². The standard InChI is InChI=1S/C9H17NO2/c1-2-3-7-10-8-5-4-6-9(11)12/h4-5,10H,2-3,6-8H2,1H3,(H,11,12). The molecule has 0 rings (SSSR count). The minimum Gasteiger partial charge on any atom is -0.481 e. The molecule has 3 nitrogen and oxygen atoms in total. The lowest BCUT2D eigenvalue weighted by Gasteiger charge is -1.97. The van der Waals surface area contributed by atoms with Gasteiger partial charge >= 0.3 is 5.97 Å². The first-order valence-corrected chi connectivity index (χ1v) is 4.35. The molecular weight excluding hydrogens is 154 g/mol. The van der Waals surface area contributed by atoms with Crippen LogP contribution >= 0.6 is 0 Å². The van der Waals surface area contributed by atoms with Crippen LogP contribution in [0.2, 0.25) is 0 Å². The van der Waals surface area contributed by atoms with E-state index in [1.807, 2.05) is 6.08 Å². The number of hydrogen-bond acceptors (Lipinski definition) is 2. The van der Waals surface area contributed by atoms with Gasteiger partial charge in [-0.1, -0.05) is 25.5 Å². The highest BCUT2D eigenvalue weighted by atomic mass is 16.4. The van der Waals surface area contributed by atoms with Crippen LogP contribution in [-0.2, 0) is 4.79 Å². The maximum absolute atomic E-state index is 10.1. The molecule has 0 aromatic heterocycles. The molecule has 0 heterocycles. The van der Waals surface area contributed by atoms with E-state index in [2.05, 4.69) is 12.2 Å². The Morgan fingerprint density at radius 1 is 1.50 bits per heavy atom. The number of carboxylic acid groups (broad SMARTS) is 1. The molecule has 0 atom stereocenters. The Morgan fingerprint density at radius 3 is 2.83 bits per heavy atom. The second-order valence-electron chi connectivity index (χ2n) is 2.63. The molecule has 0 aliphatic rings. The molecule has 0 bridgehead atoms. The van der Waals surface area contributed by atoms with E-state index < -0.39 is 5.97 Å². The number of carbonyl (C=O) groups is 1. The third kappa shape index (κ3) is 9.17. The van der Waals surface area contributed by atoms with E-state index in [0.717, 1.165) is 13.1 Å². The van der Waals surface area contributed by atoms with Crippen molar-refractivity contribution in [1.82, 2.24) is 5.32 Å². The van der Waals surface area contributed by atoms with Gasteiger partial charge in [0.25, 0.3) is 0 Å². The third-order valence-electron chi connectivity index (χ3n) is 1.43. The summed E-state index contributed by atoms with van der Waals surface area (Å²) in [4.78, 5) is 10.1. The fourth-order valence-electron chi connectivity index (χ4n) is 0.755. The maximum atomic E-state index is 10.1. The van der Waals surface area contributed by atoms with Crippen molar-refractivity contribution in [2.45, 2.75) is 26.2 Å². The van der Waals surface area contributed by atoms with Crippen molar-refractivity contribution in [1.29, 1.82) is 0 Å². The molecule has 3 heteroatoms. The zero-order valence-electron chi connectivity index (χ0n) is 7.55. The van der Waals surface area contributed by atoms with Gasteiger partial charge in [0.1, 0.15) is 0 Å². The smallest absolute Gasteiger partial charge is 0.307 e. The van der Waals surface area contributed by atoms with Gasteiger partial charge in [0.05, 0.1) is 6.42 Å². The minimum atomic E-state index is -0.778. The second-order valence-corrected chi connectivity index (χ2v) is 2.63. The Labute approximate surface area is 73.5 Å². The fourth-order valence-corrected chi connectivity index (χ4v) is 0.755. The first-order chi connectivity index (χ1) is 5.77. The molecular formula is C9H17NO2. The maximum Gasteiger partial charge on any atom is 0.307 e. The first-order valence-electron chi connectivity index (χ1n) is 4.35. The number of nitrogens with one attached hydrogen (secondary N) is 1. The largest absolute Gasteiger partial charge is 0.481 e. The number of rotatable bonds is 7. The van der Waals surface area contributed by atoms with E-state index in [9.17, 15) is 4.79 Å². The predicted molar refractivity (Wildman–Crippen MR) is 49.2 cm³/mol. The van der Waals surface area contributed by atoms with Crippen LogP contribution in [0.1, 0.15) is 26.2 Å². The lowest BCUT2D eigenvalue weighted by molar-refractivity contribution is -0.136. The van der Waals surface area contributed by atoms with E-state index in [4.69, 9.17) is 5.11 Å². The number of hydrogen-bond donors (Lipinski definition) is 2. The van der Waals surface area contributed by atoms with Crippen molar-refractivity contribution < 1.29 is 9.90 Å². The second kappa shape index (κ2) is 8.27. The molecule has 0 aliphatic carbocycles. The summed E-state index contributed by atoms with van der Waals surface area (Å²) in [6.45, 7) is 3.92. The number of unbranched alkanes of at least 4 members (excludes halogenated alkanes) is 1. The summed E-state index contributed by atoms with van der Waals surface area (Å²) in [5, 5.41) is 11.5. The molecule has 0 saturated carbocycles.